The predicted molar refractivity (Wildman–Crippen MR) is 229 cm³/mol. The van der Waals surface area contributed by atoms with Gasteiger partial charge in [-0.05, 0) is 52.8 Å². The highest BCUT2D eigenvalue weighted by Crippen LogP contribution is 2.33. The van der Waals surface area contributed by atoms with Crippen LogP contribution in [-0.4, -0.2) is 79.4 Å². The van der Waals surface area contributed by atoms with Gasteiger partial charge in [0.25, 0.3) is 0 Å². The normalized spacial score (nSPS) is 28.8. The second-order valence-electron chi connectivity index (χ2n) is 16.2. The quantitative estimate of drug-likeness (QED) is 0.158. The Hall–Kier alpha value is -4.30. The van der Waals surface area contributed by atoms with Crippen molar-refractivity contribution in [3.63, 3.8) is 0 Å². The van der Waals surface area contributed by atoms with E-state index < -0.39 is 18.3 Å². The van der Waals surface area contributed by atoms with E-state index in [-0.39, 0.29) is 42.7 Å². The van der Waals surface area contributed by atoms with E-state index in [1.54, 1.807) is 0 Å². The van der Waals surface area contributed by atoms with Gasteiger partial charge < -0.3 is 47.7 Å². The zero-order valence-corrected chi connectivity index (χ0v) is 35.0. The van der Waals surface area contributed by atoms with Gasteiger partial charge in [0, 0.05) is 0 Å². The van der Waals surface area contributed by atoms with Gasteiger partial charge in [-0.15, -0.1) is 0 Å². The second-order valence-corrected chi connectivity index (χ2v) is 16.2. The fraction of sp³-hybridized carbons (Fsp3) is 0.412. The molecule has 0 spiro atoms. The Kier molecular flexibility index (Phi) is 15.4. The van der Waals surface area contributed by atoms with Crippen molar-refractivity contribution in [2.75, 3.05) is 13.2 Å². The third-order valence-electron chi connectivity index (χ3n) is 11.8. The highest BCUT2D eigenvalue weighted by Gasteiger charge is 2.48. The molecule has 2 fully saturated rings. The van der Waals surface area contributed by atoms with E-state index >= 15 is 0 Å². The van der Waals surface area contributed by atoms with E-state index in [2.05, 4.69) is 36.4 Å². The number of hydrogen-bond donors (Lipinski definition) is 1. The monoisotopic (exact) mass is 830 g/mol. The van der Waals surface area contributed by atoms with Crippen molar-refractivity contribution in [3.05, 3.63) is 178 Å². The van der Waals surface area contributed by atoms with Crippen molar-refractivity contribution < 1.29 is 47.7 Å². The molecular weight excluding hydrogens is 773 g/mol. The lowest BCUT2D eigenvalue weighted by Crippen LogP contribution is -2.60. The number of benzene rings is 5. The molecule has 10 nitrogen and oxygen atoms in total. The lowest BCUT2D eigenvalue weighted by atomic mass is 9.94. The van der Waals surface area contributed by atoms with Crippen LogP contribution < -0.4 is 0 Å². The van der Waals surface area contributed by atoms with Crippen LogP contribution in [0.1, 0.15) is 52.8 Å². The minimum absolute atomic E-state index is 0.159. The first-order chi connectivity index (χ1) is 30.0. The van der Waals surface area contributed by atoms with Gasteiger partial charge in [0.2, 0.25) is 0 Å². The summed E-state index contributed by atoms with van der Waals surface area (Å²) in [4.78, 5) is 0. The third kappa shape index (κ3) is 11.4. The smallest absolute Gasteiger partial charge is 0.115 e. The van der Waals surface area contributed by atoms with E-state index in [4.69, 9.17) is 42.6 Å². The van der Waals surface area contributed by atoms with Crippen molar-refractivity contribution in [2.24, 2.45) is 0 Å². The first-order valence-electron chi connectivity index (χ1n) is 21.5. The average molecular weight is 831 g/mol. The Morgan fingerprint density at radius 1 is 0.443 bits per heavy atom. The molecule has 4 aliphatic rings. The van der Waals surface area contributed by atoms with Gasteiger partial charge in [-0.2, -0.15) is 0 Å². The Morgan fingerprint density at radius 3 is 1.28 bits per heavy atom. The summed E-state index contributed by atoms with van der Waals surface area (Å²) in [5.41, 5.74) is 7.74. The van der Waals surface area contributed by atoms with Crippen molar-refractivity contribution in [3.8, 4) is 0 Å². The van der Waals surface area contributed by atoms with E-state index in [1.807, 2.05) is 117 Å². The van der Waals surface area contributed by atoms with E-state index in [0.717, 1.165) is 38.9 Å². The van der Waals surface area contributed by atoms with Crippen LogP contribution in [-0.2, 0) is 88.9 Å². The first kappa shape index (κ1) is 43.4. The molecule has 5 aromatic carbocycles. The highest BCUT2D eigenvalue weighted by molar-refractivity contribution is 5.27. The van der Waals surface area contributed by atoms with Crippen molar-refractivity contribution in [1.82, 2.24) is 0 Å². The molecule has 0 radical (unpaired) electrons. The van der Waals surface area contributed by atoms with Gasteiger partial charge in [0.15, 0.2) is 0 Å². The summed E-state index contributed by atoms with van der Waals surface area (Å²) in [6.07, 6.45) is -3.55. The molecule has 61 heavy (non-hydrogen) atoms. The molecule has 0 saturated carbocycles. The van der Waals surface area contributed by atoms with Crippen LogP contribution in [0.3, 0.4) is 0 Å². The zero-order valence-electron chi connectivity index (χ0n) is 35.0. The number of hydrogen-bond acceptors (Lipinski definition) is 10. The highest BCUT2D eigenvalue weighted by atomic mass is 16.6. The largest absolute Gasteiger partial charge is 0.387 e. The summed E-state index contributed by atoms with van der Waals surface area (Å²) >= 11 is 0. The van der Waals surface area contributed by atoms with Crippen molar-refractivity contribution in [1.29, 1.82) is 0 Å². The molecule has 10 heteroatoms. The number of rotatable bonds is 9. The van der Waals surface area contributed by atoms with E-state index in [1.165, 1.54) is 0 Å². The van der Waals surface area contributed by atoms with Crippen LogP contribution >= 0.6 is 0 Å². The fourth-order valence-electron chi connectivity index (χ4n) is 8.44. The maximum Gasteiger partial charge on any atom is 0.115 e. The lowest BCUT2D eigenvalue weighted by Gasteiger charge is -2.45. The minimum atomic E-state index is -0.799. The second kappa shape index (κ2) is 21.7. The fourth-order valence-corrected chi connectivity index (χ4v) is 8.44. The van der Waals surface area contributed by atoms with Crippen LogP contribution in [0, 0.1) is 0 Å². The van der Waals surface area contributed by atoms with Crippen LogP contribution in [0.2, 0.25) is 0 Å². The van der Waals surface area contributed by atoms with Crippen LogP contribution in [0.15, 0.2) is 140 Å². The third-order valence-corrected chi connectivity index (χ3v) is 11.8. The summed E-state index contributed by atoms with van der Waals surface area (Å²) in [6, 6.07) is 46.7. The Labute approximate surface area is 359 Å². The van der Waals surface area contributed by atoms with Gasteiger partial charge in [-0.25, -0.2) is 0 Å². The summed E-state index contributed by atoms with van der Waals surface area (Å²) in [7, 11) is 0. The zero-order chi connectivity index (χ0) is 41.8. The molecule has 2 saturated heterocycles. The Morgan fingerprint density at radius 2 is 0.803 bits per heavy atom. The summed E-state index contributed by atoms with van der Waals surface area (Å²) < 4.78 is 56.2. The first-order valence-corrected chi connectivity index (χ1v) is 21.5. The molecule has 1 N–H and O–H groups in total. The Bertz CT molecular complexity index is 2050. The lowest BCUT2D eigenvalue weighted by molar-refractivity contribution is -0.270. The number of aliphatic hydroxyl groups is 1. The molecule has 4 aliphatic heterocycles. The van der Waals surface area contributed by atoms with E-state index in [0.29, 0.717) is 59.5 Å². The topological polar surface area (TPSA) is 103 Å². The number of fused-ring (bicyclic) bond motifs is 6. The summed E-state index contributed by atoms with van der Waals surface area (Å²) in [5.74, 6) is 0. The molecule has 4 heterocycles. The average Bonchev–Trinajstić information content (AvgIpc) is 3.29. The van der Waals surface area contributed by atoms with Crippen LogP contribution in [0.4, 0.5) is 0 Å². The molecule has 0 aromatic heterocycles. The van der Waals surface area contributed by atoms with Gasteiger partial charge in [-0.1, -0.05) is 140 Å². The van der Waals surface area contributed by atoms with Crippen LogP contribution in [0.25, 0.3) is 0 Å². The minimum Gasteiger partial charge on any atom is -0.387 e. The molecule has 5 aromatic rings. The number of ether oxygens (including phenoxy) is 9. The van der Waals surface area contributed by atoms with Gasteiger partial charge >= 0.3 is 0 Å². The molecule has 0 aliphatic carbocycles. The van der Waals surface area contributed by atoms with Crippen LogP contribution in [0.5, 0.6) is 0 Å². The number of aliphatic hydroxyl groups excluding tert-OH is 1. The summed E-state index contributed by atoms with van der Waals surface area (Å²) in [6.45, 7) is 8.07. The summed E-state index contributed by atoms with van der Waals surface area (Å²) in [5, 5.41) is 10.8. The maximum absolute atomic E-state index is 10.8. The van der Waals surface area contributed by atoms with Gasteiger partial charge in [-0.3, -0.25) is 0 Å². The standard InChI is InChI=1S/C29H32O5.C22H26O5/c1-21-27(31-16-22-10-4-2-5-11-22)29-28(32-17-23-12-6-3-7-13-23)26(34-21)20-30-18-24-14-8-9-15-25(24)19-33-29;1-15-21(25-11-16-7-3-2-4-8-16)22-20(23)19(27-15)14-24-12-17-9-5-6-10-18(17)13-26-22/h2-15,21,26-29H,16-20H2,1H3;2-10,15,19-23H,11-14H2,1H3/t21-,26?,27?,28-,29-;15-,19?,20-,21?,22+/m00/s1. The van der Waals surface area contributed by atoms with Crippen molar-refractivity contribution >= 4 is 0 Å². The predicted octanol–water partition coefficient (Wildman–Crippen LogP) is 7.90. The van der Waals surface area contributed by atoms with E-state index in [9.17, 15) is 5.11 Å². The maximum atomic E-state index is 10.8. The molecular formula is C51H58O10. The SMILES string of the molecule is C[C@@H]1OC2COCc3ccccc3CO[C@@H](C1OCc1ccccc1)[C@H]2O.C[C@@H]1OC2COCc3ccccc3CO[C@@H](C1OCc1ccccc1)[C@H]2OCc1ccccc1. The molecule has 10 atom stereocenters. The Balaban J connectivity index is 0.000000173. The molecule has 4 bridgehead atoms. The van der Waals surface area contributed by atoms with Crippen molar-refractivity contribution in [2.45, 2.75) is 121 Å². The van der Waals surface area contributed by atoms with Gasteiger partial charge in [0.1, 0.15) is 48.8 Å². The molecule has 0 amide bonds. The molecule has 4 unspecified atom stereocenters. The molecule has 9 rings (SSSR count). The van der Waals surface area contributed by atoms with Gasteiger partial charge in [0.05, 0.1) is 71.7 Å². The molecule has 322 valence electrons.